The van der Waals surface area contributed by atoms with Crippen LogP contribution in [0.15, 0.2) is 70.9 Å². The molecule has 3 aromatic rings. The van der Waals surface area contributed by atoms with Crippen molar-refractivity contribution in [3.8, 4) is 11.3 Å². The van der Waals surface area contributed by atoms with Crippen LogP contribution in [0.25, 0.3) is 11.3 Å². The number of hydrogen-bond donors (Lipinski definition) is 1. The molecule has 0 atom stereocenters. The van der Waals surface area contributed by atoms with Crippen LogP contribution in [0.4, 0.5) is 0 Å². The van der Waals surface area contributed by atoms with Crippen LogP contribution >= 0.6 is 0 Å². The lowest BCUT2D eigenvalue weighted by Gasteiger charge is -2.08. The maximum Gasteiger partial charge on any atom is 0.266 e. The lowest BCUT2D eigenvalue weighted by atomic mass is 10.2. The Labute approximate surface area is 150 Å². The van der Waals surface area contributed by atoms with Gasteiger partial charge >= 0.3 is 0 Å². The maximum absolute atomic E-state index is 12.1. The fourth-order valence-electron chi connectivity index (χ4n) is 2.31. The standard InChI is InChI=1S/C17H17N5O3S/c23-17-5-4-16(14-6-10-18-11-7-14)21-22(17)12-2-9-20-26(24,25)15-3-1-8-19-13-15/h1,3-8,10-11,13,20H,2,9,12H2. The van der Waals surface area contributed by atoms with Gasteiger partial charge in [0, 0.05) is 49.5 Å². The molecule has 0 aromatic carbocycles. The highest BCUT2D eigenvalue weighted by Crippen LogP contribution is 2.13. The molecule has 3 aromatic heterocycles. The summed E-state index contributed by atoms with van der Waals surface area (Å²) in [7, 11) is -3.60. The zero-order chi connectivity index (χ0) is 18.4. The second kappa shape index (κ2) is 7.98. The van der Waals surface area contributed by atoms with E-state index in [1.807, 2.05) is 0 Å². The van der Waals surface area contributed by atoms with Gasteiger partial charge in [-0.25, -0.2) is 17.8 Å². The van der Waals surface area contributed by atoms with Gasteiger partial charge < -0.3 is 0 Å². The second-order valence-electron chi connectivity index (χ2n) is 5.46. The Kier molecular flexibility index (Phi) is 5.49. The summed E-state index contributed by atoms with van der Waals surface area (Å²) in [5.74, 6) is 0. The third-order valence-corrected chi connectivity index (χ3v) is 5.07. The van der Waals surface area contributed by atoms with E-state index < -0.39 is 10.0 Å². The van der Waals surface area contributed by atoms with Crippen LogP contribution in [-0.2, 0) is 16.6 Å². The van der Waals surface area contributed by atoms with E-state index in [-0.39, 0.29) is 17.0 Å². The smallest absolute Gasteiger partial charge is 0.266 e. The van der Waals surface area contributed by atoms with Gasteiger partial charge in [0.2, 0.25) is 10.0 Å². The molecule has 134 valence electrons. The van der Waals surface area contributed by atoms with Crippen LogP contribution in [0.2, 0.25) is 0 Å². The SMILES string of the molecule is O=c1ccc(-c2ccncc2)nn1CCCNS(=O)(=O)c1cccnc1. The van der Waals surface area contributed by atoms with Gasteiger partial charge in [-0.15, -0.1) is 0 Å². The molecule has 0 aliphatic heterocycles. The van der Waals surface area contributed by atoms with Crippen molar-refractivity contribution >= 4 is 10.0 Å². The van der Waals surface area contributed by atoms with Gasteiger partial charge in [-0.2, -0.15) is 5.10 Å². The monoisotopic (exact) mass is 371 g/mol. The Hall–Kier alpha value is -2.91. The Morgan fingerprint density at radius 1 is 1.00 bits per heavy atom. The van der Waals surface area contributed by atoms with Crippen LogP contribution in [0.3, 0.4) is 0 Å². The number of nitrogens with zero attached hydrogens (tertiary/aromatic N) is 4. The van der Waals surface area contributed by atoms with E-state index in [0.29, 0.717) is 18.7 Å². The molecule has 0 bridgehead atoms. The minimum atomic E-state index is -3.60. The third-order valence-electron chi connectivity index (χ3n) is 3.63. The van der Waals surface area contributed by atoms with E-state index in [1.54, 1.807) is 36.7 Å². The molecule has 0 amide bonds. The highest BCUT2D eigenvalue weighted by Gasteiger charge is 2.13. The topological polar surface area (TPSA) is 107 Å². The number of pyridine rings is 2. The van der Waals surface area contributed by atoms with Gasteiger partial charge in [-0.3, -0.25) is 14.8 Å². The molecule has 0 saturated heterocycles. The molecule has 0 unspecified atom stereocenters. The molecule has 26 heavy (non-hydrogen) atoms. The molecule has 0 aliphatic carbocycles. The molecule has 3 heterocycles. The predicted octanol–water partition coefficient (Wildman–Crippen LogP) is 1.07. The summed E-state index contributed by atoms with van der Waals surface area (Å²) in [6, 6.07) is 9.74. The van der Waals surface area contributed by atoms with Gasteiger partial charge in [-0.05, 0) is 36.8 Å². The zero-order valence-electron chi connectivity index (χ0n) is 13.8. The van der Waals surface area contributed by atoms with Crippen molar-refractivity contribution in [1.29, 1.82) is 0 Å². The normalized spacial score (nSPS) is 11.4. The summed E-state index contributed by atoms with van der Waals surface area (Å²) in [4.78, 5) is 19.8. The van der Waals surface area contributed by atoms with Gasteiger partial charge in [0.05, 0.1) is 5.69 Å². The first kappa shape index (κ1) is 17.9. The molecule has 0 spiro atoms. The van der Waals surface area contributed by atoms with Crippen molar-refractivity contribution in [3.05, 3.63) is 71.5 Å². The second-order valence-corrected chi connectivity index (χ2v) is 7.22. The van der Waals surface area contributed by atoms with E-state index in [9.17, 15) is 13.2 Å². The Bertz CT molecular complexity index is 1020. The molecule has 0 radical (unpaired) electrons. The highest BCUT2D eigenvalue weighted by atomic mass is 32.2. The van der Waals surface area contributed by atoms with E-state index >= 15 is 0 Å². The van der Waals surface area contributed by atoms with Crippen molar-refractivity contribution in [3.63, 3.8) is 0 Å². The molecule has 3 rings (SSSR count). The summed E-state index contributed by atoms with van der Waals surface area (Å²) >= 11 is 0. The average Bonchev–Trinajstić information content (AvgIpc) is 2.68. The Balaban J connectivity index is 1.63. The first-order valence-electron chi connectivity index (χ1n) is 7.94. The van der Waals surface area contributed by atoms with E-state index in [2.05, 4.69) is 19.8 Å². The Morgan fingerprint density at radius 2 is 1.81 bits per heavy atom. The number of sulfonamides is 1. The maximum atomic E-state index is 12.1. The molecular formula is C17H17N5O3S. The van der Waals surface area contributed by atoms with Gasteiger partial charge in [-0.1, -0.05) is 0 Å². The first-order valence-corrected chi connectivity index (χ1v) is 9.43. The van der Waals surface area contributed by atoms with Crippen molar-refractivity contribution in [2.75, 3.05) is 6.54 Å². The van der Waals surface area contributed by atoms with E-state index in [1.165, 1.54) is 29.2 Å². The molecular weight excluding hydrogens is 354 g/mol. The number of hydrogen-bond acceptors (Lipinski definition) is 6. The van der Waals surface area contributed by atoms with Crippen LogP contribution in [0, 0.1) is 0 Å². The van der Waals surface area contributed by atoms with Gasteiger partial charge in [0.15, 0.2) is 0 Å². The van der Waals surface area contributed by atoms with Crippen molar-refractivity contribution in [2.24, 2.45) is 0 Å². The molecule has 8 nitrogen and oxygen atoms in total. The van der Waals surface area contributed by atoms with Crippen LogP contribution in [-0.4, -0.2) is 34.7 Å². The van der Waals surface area contributed by atoms with Crippen molar-refractivity contribution < 1.29 is 8.42 Å². The minimum absolute atomic E-state index is 0.106. The number of aryl methyl sites for hydroxylation is 1. The lowest BCUT2D eigenvalue weighted by molar-refractivity contribution is 0.536. The zero-order valence-corrected chi connectivity index (χ0v) is 14.6. The highest BCUT2D eigenvalue weighted by molar-refractivity contribution is 7.89. The molecule has 0 fully saturated rings. The number of aromatic nitrogens is 4. The van der Waals surface area contributed by atoms with E-state index in [4.69, 9.17) is 0 Å². The van der Waals surface area contributed by atoms with Gasteiger partial charge in [0.1, 0.15) is 4.90 Å². The third kappa shape index (κ3) is 4.38. The first-order chi connectivity index (χ1) is 12.6. The summed E-state index contributed by atoms with van der Waals surface area (Å²) in [6.07, 6.45) is 6.52. The van der Waals surface area contributed by atoms with Crippen LogP contribution in [0.5, 0.6) is 0 Å². The summed E-state index contributed by atoms with van der Waals surface area (Å²) in [5.41, 5.74) is 1.27. The number of rotatable bonds is 7. The quantitative estimate of drug-likeness (QED) is 0.623. The van der Waals surface area contributed by atoms with E-state index in [0.717, 1.165) is 5.56 Å². The fraction of sp³-hybridized carbons (Fsp3) is 0.176. The number of nitrogens with one attached hydrogen (secondary N) is 1. The van der Waals surface area contributed by atoms with Gasteiger partial charge in [0.25, 0.3) is 5.56 Å². The van der Waals surface area contributed by atoms with Crippen LogP contribution < -0.4 is 10.3 Å². The fourth-order valence-corrected chi connectivity index (χ4v) is 3.35. The molecule has 0 aliphatic rings. The predicted molar refractivity (Wildman–Crippen MR) is 95.8 cm³/mol. The summed E-state index contributed by atoms with van der Waals surface area (Å²) in [5, 5.41) is 4.32. The molecule has 0 saturated carbocycles. The van der Waals surface area contributed by atoms with Crippen LogP contribution in [0.1, 0.15) is 6.42 Å². The largest absolute Gasteiger partial charge is 0.268 e. The molecule has 9 heteroatoms. The Morgan fingerprint density at radius 3 is 2.54 bits per heavy atom. The van der Waals surface area contributed by atoms with Crippen molar-refractivity contribution in [2.45, 2.75) is 17.9 Å². The minimum Gasteiger partial charge on any atom is -0.268 e. The van der Waals surface area contributed by atoms with Crippen molar-refractivity contribution in [1.82, 2.24) is 24.5 Å². The summed E-state index contributed by atoms with van der Waals surface area (Å²) < 4.78 is 28.0. The molecule has 1 N–H and O–H groups in total. The summed E-state index contributed by atoms with van der Waals surface area (Å²) in [6.45, 7) is 0.484. The average molecular weight is 371 g/mol. The lowest BCUT2D eigenvalue weighted by Crippen LogP contribution is -2.28.